The van der Waals surface area contributed by atoms with Crippen LogP contribution in [0.4, 0.5) is 0 Å². The number of fused-ring (bicyclic) bond motifs is 1. The third-order valence-corrected chi connectivity index (χ3v) is 3.58. The van der Waals surface area contributed by atoms with Crippen LogP contribution in [0.3, 0.4) is 0 Å². The molecule has 0 fully saturated rings. The molecule has 0 bridgehead atoms. The maximum Gasteiger partial charge on any atom is 0.336 e. The predicted octanol–water partition coefficient (Wildman–Crippen LogP) is 0.377. The van der Waals surface area contributed by atoms with Gasteiger partial charge < -0.3 is 24.4 Å². The number of rotatable bonds is 6. The Labute approximate surface area is 138 Å². The molecule has 24 heavy (non-hydrogen) atoms. The Morgan fingerprint density at radius 1 is 1.29 bits per heavy atom. The number of aliphatic carboxylic acids is 1. The molecular weight excluding hydrogens is 314 g/mol. The molecule has 1 N–H and O–H groups in total. The molecule has 2 atom stereocenters. The average molecular weight is 332 g/mol. The second-order valence-corrected chi connectivity index (χ2v) is 5.41. The summed E-state index contributed by atoms with van der Waals surface area (Å²) < 4.78 is 10.7. The number of nitrogens with one attached hydrogen (secondary N) is 1. The Hall–Kier alpha value is -2.83. The minimum Gasteiger partial charge on any atom is -0.548 e. The fourth-order valence-corrected chi connectivity index (χ4v) is 2.22. The molecular formula is C17H18NO6-. The molecule has 0 unspecified atom stereocenters. The molecule has 7 nitrogen and oxygen atoms in total. The van der Waals surface area contributed by atoms with Crippen LogP contribution in [0.1, 0.15) is 26.3 Å². The number of carboxylic acids is 1. The molecule has 0 spiro atoms. The zero-order valence-electron chi connectivity index (χ0n) is 13.6. The fourth-order valence-electron chi connectivity index (χ4n) is 2.22. The van der Waals surface area contributed by atoms with Gasteiger partial charge in [0.1, 0.15) is 11.3 Å². The number of hydrogen-bond donors (Lipinski definition) is 1. The van der Waals surface area contributed by atoms with E-state index in [2.05, 4.69) is 5.32 Å². The highest BCUT2D eigenvalue weighted by molar-refractivity contribution is 5.86. The first-order chi connectivity index (χ1) is 11.3. The van der Waals surface area contributed by atoms with Gasteiger partial charge in [0.25, 0.3) is 5.91 Å². The van der Waals surface area contributed by atoms with Crippen molar-refractivity contribution in [3.05, 3.63) is 40.2 Å². The third kappa shape index (κ3) is 3.92. The summed E-state index contributed by atoms with van der Waals surface area (Å²) in [6.45, 7) is 4.72. The molecule has 0 saturated carbocycles. The molecule has 0 aliphatic heterocycles. The van der Waals surface area contributed by atoms with Crippen LogP contribution < -0.4 is 20.8 Å². The average Bonchev–Trinajstić information content (AvgIpc) is 2.53. The molecule has 0 saturated heterocycles. The van der Waals surface area contributed by atoms with Gasteiger partial charge in [-0.3, -0.25) is 4.79 Å². The Bertz CT molecular complexity index is 825. The number of carbonyl (C=O) groups is 2. The van der Waals surface area contributed by atoms with Crippen molar-refractivity contribution in [3.8, 4) is 5.75 Å². The SMILES string of the molecule is CCc1cc(=O)oc2cc(O[C@H](C)C(=O)N[C@@H](C)C(=O)[O-])ccc12. The fraction of sp³-hybridized carbons (Fsp3) is 0.353. The van der Waals surface area contributed by atoms with Gasteiger partial charge in [-0.15, -0.1) is 0 Å². The number of carboxylic acid groups (broad SMARTS) is 1. The molecule has 1 amide bonds. The van der Waals surface area contributed by atoms with E-state index < -0.39 is 29.6 Å². The molecule has 2 rings (SSSR count). The van der Waals surface area contributed by atoms with Gasteiger partial charge in [0.15, 0.2) is 6.10 Å². The standard InChI is InChI=1S/C17H19NO6/c1-4-11-7-15(19)24-14-8-12(5-6-13(11)14)23-10(3)16(20)18-9(2)17(21)22/h5-10H,4H2,1-3H3,(H,18,20)(H,21,22)/p-1/t9-,10+/m0/s1. The maximum absolute atomic E-state index is 11.9. The molecule has 7 heteroatoms. The van der Waals surface area contributed by atoms with E-state index >= 15 is 0 Å². The van der Waals surface area contributed by atoms with Crippen molar-refractivity contribution >= 4 is 22.8 Å². The summed E-state index contributed by atoms with van der Waals surface area (Å²) in [5.74, 6) is -1.63. The molecule has 0 radical (unpaired) electrons. The van der Waals surface area contributed by atoms with Crippen molar-refractivity contribution in [2.75, 3.05) is 0 Å². The quantitative estimate of drug-likeness (QED) is 0.766. The van der Waals surface area contributed by atoms with Crippen LogP contribution in [0.25, 0.3) is 11.0 Å². The lowest BCUT2D eigenvalue weighted by atomic mass is 10.1. The summed E-state index contributed by atoms with van der Waals surface area (Å²) in [6, 6.07) is 5.27. The highest BCUT2D eigenvalue weighted by atomic mass is 16.5. The highest BCUT2D eigenvalue weighted by Crippen LogP contribution is 2.23. The van der Waals surface area contributed by atoms with Gasteiger partial charge in [-0.1, -0.05) is 6.92 Å². The lowest BCUT2D eigenvalue weighted by Gasteiger charge is -2.19. The van der Waals surface area contributed by atoms with Crippen molar-refractivity contribution in [1.82, 2.24) is 5.32 Å². The summed E-state index contributed by atoms with van der Waals surface area (Å²) in [6.07, 6.45) is -0.243. The van der Waals surface area contributed by atoms with E-state index in [9.17, 15) is 19.5 Å². The summed E-state index contributed by atoms with van der Waals surface area (Å²) in [7, 11) is 0. The third-order valence-electron chi connectivity index (χ3n) is 3.58. The minimum absolute atomic E-state index is 0.336. The topological polar surface area (TPSA) is 109 Å². The summed E-state index contributed by atoms with van der Waals surface area (Å²) in [5, 5.41) is 13.7. The minimum atomic E-state index is -1.38. The molecule has 1 heterocycles. The molecule has 0 aliphatic rings. The van der Waals surface area contributed by atoms with Crippen LogP contribution >= 0.6 is 0 Å². The number of carbonyl (C=O) groups excluding carboxylic acids is 2. The lowest BCUT2D eigenvalue weighted by molar-refractivity contribution is -0.307. The Morgan fingerprint density at radius 2 is 2.00 bits per heavy atom. The largest absolute Gasteiger partial charge is 0.548 e. The molecule has 1 aromatic heterocycles. The zero-order valence-corrected chi connectivity index (χ0v) is 13.6. The van der Waals surface area contributed by atoms with E-state index in [1.807, 2.05) is 6.92 Å². The van der Waals surface area contributed by atoms with Crippen molar-refractivity contribution < 1.29 is 23.8 Å². The van der Waals surface area contributed by atoms with Gasteiger partial charge in [0.2, 0.25) is 0 Å². The first-order valence-corrected chi connectivity index (χ1v) is 7.56. The second kappa shape index (κ2) is 7.16. The number of benzene rings is 1. The van der Waals surface area contributed by atoms with Gasteiger partial charge >= 0.3 is 5.63 Å². The van der Waals surface area contributed by atoms with Crippen molar-refractivity contribution in [3.63, 3.8) is 0 Å². The first kappa shape index (κ1) is 17.5. The number of aryl methyl sites for hydroxylation is 1. The number of hydrogen-bond acceptors (Lipinski definition) is 6. The second-order valence-electron chi connectivity index (χ2n) is 5.41. The van der Waals surface area contributed by atoms with Crippen LogP contribution in [0, 0.1) is 0 Å². The van der Waals surface area contributed by atoms with E-state index in [-0.39, 0.29) is 0 Å². The van der Waals surface area contributed by atoms with Crippen molar-refractivity contribution in [1.29, 1.82) is 0 Å². The molecule has 1 aromatic carbocycles. The van der Waals surface area contributed by atoms with Crippen LogP contribution in [0.2, 0.25) is 0 Å². The Balaban J connectivity index is 2.19. The van der Waals surface area contributed by atoms with Gasteiger partial charge in [-0.2, -0.15) is 0 Å². The maximum atomic E-state index is 11.9. The highest BCUT2D eigenvalue weighted by Gasteiger charge is 2.18. The van der Waals surface area contributed by atoms with E-state index in [4.69, 9.17) is 9.15 Å². The lowest BCUT2D eigenvalue weighted by Crippen LogP contribution is -2.49. The number of ether oxygens (including phenoxy) is 1. The smallest absolute Gasteiger partial charge is 0.336 e. The Morgan fingerprint density at radius 3 is 2.62 bits per heavy atom. The van der Waals surface area contributed by atoms with Gasteiger partial charge in [0, 0.05) is 17.5 Å². The predicted molar refractivity (Wildman–Crippen MR) is 84.6 cm³/mol. The molecule has 2 aromatic rings. The van der Waals surface area contributed by atoms with E-state index in [1.165, 1.54) is 26.0 Å². The van der Waals surface area contributed by atoms with Crippen molar-refractivity contribution in [2.45, 2.75) is 39.3 Å². The number of amides is 1. The van der Waals surface area contributed by atoms with Crippen molar-refractivity contribution in [2.24, 2.45) is 0 Å². The molecule has 0 aliphatic carbocycles. The first-order valence-electron chi connectivity index (χ1n) is 7.56. The van der Waals surface area contributed by atoms with Crippen LogP contribution in [0.15, 0.2) is 33.5 Å². The summed E-state index contributed by atoms with van der Waals surface area (Å²) in [5.41, 5.74) is 0.777. The van der Waals surface area contributed by atoms with E-state index in [1.54, 1.807) is 12.1 Å². The monoisotopic (exact) mass is 332 g/mol. The van der Waals surface area contributed by atoms with Gasteiger partial charge in [0.05, 0.1) is 12.0 Å². The van der Waals surface area contributed by atoms with Gasteiger partial charge in [-0.05, 0) is 38.0 Å². The van der Waals surface area contributed by atoms with Crippen LogP contribution in [-0.2, 0) is 16.0 Å². The Kier molecular flexibility index (Phi) is 5.23. The van der Waals surface area contributed by atoms with E-state index in [0.29, 0.717) is 17.8 Å². The zero-order chi connectivity index (χ0) is 17.9. The summed E-state index contributed by atoms with van der Waals surface area (Å²) >= 11 is 0. The van der Waals surface area contributed by atoms with E-state index in [0.717, 1.165) is 10.9 Å². The molecule has 128 valence electrons. The normalized spacial score (nSPS) is 13.3. The van der Waals surface area contributed by atoms with Crippen LogP contribution in [0.5, 0.6) is 5.75 Å². The summed E-state index contributed by atoms with van der Waals surface area (Å²) in [4.78, 5) is 34.1. The van der Waals surface area contributed by atoms with Crippen LogP contribution in [-0.4, -0.2) is 24.0 Å². The van der Waals surface area contributed by atoms with Gasteiger partial charge in [-0.25, -0.2) is 4.79 Å².